The number of likely N-dealkylation sites (tertiary alicyclic amines) is 1. The third kappa shape index (κ3) is 2.17. The third-order valence-corrected chi connectivity index (χ3v) is 3.78. The maximum absolute atomic E-state index is 12.3. The van der Waals surface area contributed by atoms with E-state index < -0.39 is 0 Å². The van der Waals surface area contributed by atoms with E-state index in [0.29, 0.717) is 5.91 Å². The van der Waals surface area contributed by atoms with Gasteiger partial charge in [-0.3, -0.25) is 4.79 Å². The van der Waals surface area contributed by atoms with Gasteiger partial charge in [0.25, 0.3) is 0 Å². The number of piperidine rings is 1. The van der Waals surface area contributed by atoms with Crippen LogP contribution in [0.3, 0.4) is 0 Å². The highest BCUT2D eigenvalue weighted by Gasteiger charge is 2.38. The van der Waals surface area contributed by atoms with Crippen LogP contribution in [0.25, 0.3) is 0 Å². The molecule has 0 aromatic heterocycles. The van der Waals surface area contributed by atoms with Crippen molar-refractivity contribution in [2.24, 2.45) is 0 Å². The van der Waals surface area contributed by atoms with Gasteiger partial charge in [0.2, 0.25) is 5.91 Å². The molecule has 3 nitrogen and oxygen atoms in total. The Balaban J connectivity index is 2.00. The fourth-order valence-corrected chi connectivity index (χ4v) is 2.77. The van der Waals surface area contributed by atoms with Gasteiger partial charge in [-0.25, -0.2) is 0 Å². The molecule has 1 atom stereocenters. The molecule has 0 aromatic rings. The summed E-state index contributed by atoms with van der Waals surface area (Å²) in [5, 5.41) is 3.34. The second-order valence-electron chi connectivity index (χ2n) is 5.41. The summed E-state index contributed by atoms with van der Waals surface area (Å²) >= 11 is 0. The molecular weight excluding hydrogens is 188 g/mol. The predicted molar refractivity (Wildman–Crippen MR) is 60.7 cm³/mol. The summed E-state index contributed by atoms with van der Waals surface area (Å²) in [4.78, 5) is 14.4. The van der Waals surface area contributed by atoms with E-state index in [1.807, 2.05) is 0 Å². The zero-order valence-corrected chi connectivity index (χ0v) is 9.88. The van der Waals surface area contributed by atoms with Gasteiger partial charge in [-0.1, -0.05) is 6.42 Å². The maximum Gasteiger partial charge on any atom is 0.240 e. The standard InChI is InChI=1S/C12H22N2O/c1-12(2)7-5-9-14(12)11(15)10-6-3-4-8-13-10/h10,13H,3-9H2,1-2H3. The normalized spacial score (nSPS) is 30.5. The molecule has 86 valence electrons. The van der Waals surface area contributed by atoms with Crippen molar-refractivity contribution in [3.05, 3.63) is 0 Å². The van der Waals surface area contributed by atoms with Crippen LogP contribution in [0.4, 0.5) is 0 Å². The maximum atomic E-state index is 12.3. The Hall–Kier alpha value is -0.570. The molecule has 3 heteroatoms. The first-order chi connectivity index (χ1) is 7.11. The Bertz CT molecular complexity index is 244. The van der Waals surface area contributed by atoms with Crippen molar-refractivity contribution in [2.45, 2.75) is 57.5 Å². The van der Waals surface area contributed by atoms with Crippen LogP contribution in [0.2, 0.25) is 0 Å². The van der Waals surface area contributed by atoms with E-state index in [4.69, 9.17) is 0 Å². The van der Waals surface area contributed by atoms with Gasteiger partial charge in [0.15, 0.2) is 0 Å². The first kappa shape index (κ1) is 10.9. The van der Waals surface area contributed by atoms with Crippen LogP contribution in [0.5, 0.6) is 0 Å². The first-order valence-corrected chi connectivity index (χ1v) is 6.16. The zero-order chi connectivity index (χ0) is 10.9. The van der Waals surface area contributed by atoms with Gasteiger partial charge in [-0.15, -0.1) is 0 Å². The minimum Gasteiger partial charge on any atom is -0.336 e. The van der Waals surface area contributed by atoms with Crippen molar-refractivity contribution in [1.82, 2.24) is 10.2 Å². The minimum atomic E-state index is 0.0796. The molecule has 15 heavy (non-hydrogen) atoms. The van der Waals surface area contributed by atoms with Gasteiger partial charge in [0.1, 0.15) is 0 Å². The number of nitrogens with one attached hydrogen (secondary N) is 1. The van der Waals surface area contributed by atoms with E-state index in [-0.39, 0.29) is 11.6 Å². The van der Waals surface area contributed by atoms with Crippen LogP contribution < -0.4 is 5.32 Å². The second-order valence-corrected chi connectivity index (χ2v) is 5.41. The highest BCUT2D eigenvalue weighted by atomic mass is 16.2. The van der Waals surface area contributed by atoms with E-state index in [2.05, 4.69) is 24.1 Å². The van der Waals surface area contributed by atoms with Crippen LogP contribution in [-0.4, -0.2) is 35.5 Å². The minimum absolute atomic E-state index is 0.0796. The molecule has 2 fully saturated rings. The topological polar surface area (TPSA) is 32.3 Å². The molecule has 2 rings (SSSR count). The van der Waals surface area contributed by atoms with Crippen LogP contribution >= 0.6 is 0 Å². The van der Waals surface area contributed by atoms with Crippen LogP contribution in [0.15, 0.2) is 0 Å². The summed E-state index contributed by atoms with van der Waals surface area (Å²) in [7, 11) is 0. The summed E-state index contributed by atoms with van der Waals surface area (Å²) < 4.78 is 0. The van der Waals surface area contributed by atoms with Crippen LogP contribution in [-0.2, 0) is 4.79 Å². The van der Waals surface area contributed by atoms with Gasteiger partial charge in [-0.2, -0.15) is 0 Å². The third-order valence-electron chi connectivity index (χ3n) is 3.78. The predicted octanol–water partition coefficient (Wildman–Crippen LogP) is 1.53. The molecule has 0 spiro atoms. The van der Waals surface area contributed by atoms with Crippen molar-refractivity contribution >= 4 is 5.91 Å². The molecule has 0 aliphatic carbocycles. The lowest BCUT2D eigenvalue weighted by Gasteiger charge is -2.35. The molecule has 1 amide bonds. The smallest absolute Gasteiger partial charge is 0.240 e. The Kier molecular flexibility index (Phi) is 3.01. The number of amides is 1. The quantitative estimate of drug-likeness (QED) is 0.712. The SMILES string of the molecule is CC1(C)CCCN1C(=O)C1CCCCN1. The Morgan fingerprint density at radius 1 is 1.33 bits per heavy atom. The molecule has 0 bridgehead atoms. The number of hydrogen-bond acceptors (Lipinski definition) is 2. The molecule has 2 aliphatic rings. The van der Waals surface area contributed by atoms with Crippen molar-refractivity contribution in [3.63, 3.8) is 0 Å². The molecule has 2 saturated heterocycles. The highest BCUT2D eigenvalue weighted by molar-refractivity contribution is 5.83. The molecule has 0 saturated carbocycles. The Labute approximate surface area is 92.2 Å². The lowest BCUT2D eigenvalue weighted by molar-refractivity contribution is -0.137. The number of carbonyl (C=O) groups excluding carboxylic acids is 1. The van der Waals surface area contributed by atoms with E-state index >= 15 is 0 Å². The van der Waals surface area contributed by atoms with Crippen molar-refractivity contribution < 1.29 is 4.79 Å². The lowest BCUT2D eigenvalue weighted by atomic mass is 9.99. The van der Waals surface area contributed by atoms with Gasteiger partial charge >= 0.3 is 0 Å². The van der Waals surface area contributed by atoms with Gasteiger partial charge < -0.3 is 10.2 Å². The average molecular weight is 210 g/mol. The van der Waals surface area contributed by atoms with Crippen molar-refractivity contribution in [1.29, 1.82) is 0 Å². The average Bonchev–Trinajstić information content (AvgIpc) is 2.58. The van der Waals surface area contributed by atoms with E-state index in [1.165, 1.54) is 12.8 Å². The monoisotopic (exact) mass is 210 g/mol. The molecular formula is C12H22N2O. The zero-order valence-electron chi connectivity index (χ0n) is 9.88. The van der Waals surface area contributed by atoms with E-state index in [1.54, 1.807) is 0 Å². The molecule has 0 aromatic carbocycles. The number of hydrogen-bond donors (Lipinski definition) is 1. The summed E-state index contributed by atoms with van der Waals surface area (Å²) in [6.07, 6.45) is 5.73. The molecule has 1 N–H and O–H groups in total. The second kappa shape index (κ2) is 4.12. The van der Waals surface area contributed by atoms with Gasteiger partial charge in [-0.05, 0) is 46.1 Å². The highest BCUT2D eigenvalue weighted by Crippen LogP contribution is 2.29. The summed E-state index contributed by atoms with van der Waals surface area (Å²) in [5.74, 6) is 0.331. The number of rotatable bonds is 1. The van der Waals surface area contributed by atoms with Crippen molar-refractivity contribution in [3.8, 4) is 0 Å². The van der Waals surface area contributed by atoms with Crippen LogP contribution in [0, 0.1) is 0 Å². The van der Waals surface area contributed by atoms with E-state index in [9.17, 15) is 4.79 Å². The van der Waals surface area contributed by atoms with Crippen molar-refractivity contribution in [2.75, 3.05) is 13.1 Å². The first-order valence-electron chi connectivity index (χ1n) is 6.16. The summed E-state index contributed by atoms with van der Waals surface area (Å²) in [6, 6.07) is 0.0936. The van der Waals surface area contributed by atoms with E-state index in [0.717, 1.165) is 32.4 Å². The Morgan fingerprint density at radius 3 is 2.67 bits per heavy atom. The molecule has 2 heterocycles. The molecule has 1 unspecified atom stereocenters. The fourth-order valence-electron chi connectivity index (χ4n) is 2.77. The number of nitrogens with zero attached hydrogens (tertiary/aromatic N) is 1. The Morgan fingerprint density at radius 2 is 2.13 bits per heavy atom. The summed E-state index contributed by atoms with van der Waals surface area (Å²) in [5.41, 5.74) is 0.0796. The molecule has 2 aliphatic heterocycles. The summed E-state index contributed by atoms with van der Waals surface area (Å²) in [6.45, 7) is 6.32. The van der Waals surface area contributed by atoms with Crippen LogP contribution in [0.1, 0.15) is 46.0 Å². The van der Waals surface area contributed by atoms with Gasteiger partial charge in [0, 0.05) is 12.1 Å². The largest absolute Gasteiger partial charge is 0.336 e. The van der Waals surface area contributed by atoms with Gasteiger partial charge in [0.05, 0.1) is 6.04 Å². The number of carbonyl (C=O) groups is 1. The lowest BCUT2D eigenvalue weighted by Crippen LogP contribution is -2.53. The molecule has 0 radical (unpaired) electrons. The fraction of sp³-hybridized carbons (Fsp3) is 0.917.